The van der Waals surface area contributed by atoms with Crippen molar-refractivity contribution < 1.29 is 5.11 Å². The van der Waals surface area contributed by atoms with E-state index in [2.05, 4.69) is 32.2 Å². The van der Waals surface area contributed by atoms with Crippen molar-refractivity contribution in [1.29, 1.82) is 0 Å². The lowest BCUT2D eigenvalue weighted by Crippen LogP contribution is -2.40. The summed E-state index contributed by atoms with van der Waals surface area (Å²) in [7, 11) is 2.13. The summed E-state index contributed by atoms with van der Waals surface area (Å²) in [5.41, 5.74) is 1.04. The number of piperidine rings is 1. The fourth-order valence-corrected chi connectivity index (χ4v) is 4.14. The average molecular weight is 320 g/mol. The molecule has 5 nitrogen and oxygen atoms in total. The van der Waals surface area contributed by atoms with Gasteiger partial charge in [-0.05, 0) is 50.2 Å². The quantitative estimate of drug-likeness (QED) is 0.915. The molecule has 0 aliphatic carbocycles. The molecule has 22 heavy (non-hydrogen) atoms. The van der Waals surface area contributed by atoms with Crippen LogP contribution in [0.25, 0.3) is 10.2 Å². The summed E-state index contributed by atoms with van der Waals surface area (Å²) >= 11 is 1.71. The van der Waals surface area contributed by atoms with Crippen molar-refractivity contribution in [3.05, 3.63) is 17.8 Å². The smallest absolute Gasteiger partial charge is 0.149 e. The van der Waals surface area contributed by atoms with Gasteiger partial charge in [-0.2, -0.15) is 0 Å². The molecule has 0 aromatic carbocycles. The average Bonchev–Trinajstić information content (AvgIpc) is 2.97. The third kappa shape index (κ3) is 3.56. The zero-order chi connectivity index (χ0) is 15.5. The zero-order valence-electron chi connectivity index (χ0n) is 13.3. The van der Waals surface area contributed by atoms with E-state index in [0.717, 1.165) is 37.5 Å². The van der Waals surface area contributed by atoms with Gasteiger partial charge in [0.05, 0.1) is 16.3 Å². The number of β-amino-alcohol motifs (C(OH)–C–C–N with tert-alkyl or cyclic N) is 1. The number of nitrogens with zero attached hydrogens (tertiary/aromatic N) is 4. The summed E-state index contributed by atoms with van der Waals surface area (Å²) in [5.74, 6) is 1.74. The molecule has 0 unspecified atom stereocenters. The molecule has 0 bridgehead atoms. The molecule has 1 fully saturated rings. The van der Waals surface area contributed by atoms with Crippen molar-refractivity contribution in [3.8, 4) is 0 Å². The minimum absolute atomic E-state index is 0.229. The minimum atomic E-state index is -0.229. The number of aromatic nitrogens is 2. The molecule has 0 radical (unpaired) electrons. The predicted octanol–water partition coefficient (Wildman–Crippen LogP) is 2.22. The van der Waals surface area contributed by atoms with E-state index in [1.165, 1.54) is 17.5 Å². The Labute approximate surface area is 135 Å². The highest BCUT2D eigenvalue weighted by Crippen LogP contribution is 2.28. The highest BCUT2D eigenvalue weighted by molar-refractivity contribution is 7.17. The van der Waals surface area contributed by atoms with Crippen LogP contribution in [-0.4, -0.2) is 59.3 Å². The lowest BCUT2D eigenvalue weighted by atomic mass is 9.96. The van der Waals surface area contributed by atoms with Crippen LogP contribution in [0.2, 0.25) is 0 Å². The molecular formula is C16H24N4OS. The van der Waals surface area contributed by atoms with Crippen LogP contribution < -0.4 is 4.90 Å². The van der Waals surface area contributed by atoms with Gasteiger partial charge in [0.2, 0.25) is 0 Å². The van der Waals surface area contributed by atoms with E-state index in [1.54, 1.807) is 17.7 Å². The van der Waals surface area contributed by atoms with E-state index in [0.29, 0.717) is 5.92 Å². The van der Waals surface area contributed by atoms with Crippen LogP contribution in [0.15, 0.2) is 17.8 Å². The molecule has 1 atom stereocenters. The number of hydrogen-bond acceptors (Lipinski definition) is 6. The van der Waals surface area contributed by atoms with Gasteiger partial charge in [-0.15, -0.1) is 11.3 Å². The van der Waals surface area contributed by atoms with E-state index >= 15 is 0 Å². The Kier molecular flexibility index (Phi) is 4.90. The normalized spacial score (nSPS) is 18.7. The minimum Gasteiger partial charge on any atom is -0.392 e. The maximum Gasteiger partial charge on any atom is 0.149 e. The van der Waals surface area contributed by atoms with Crippen LogP contribution in [0.5, 0.6) is 0 Å². The van der Waals surface area contributed by atoms with Gasteiger partial charge in [0.15, 0.2) is 0 Å². The van der Waals surface area contributed by atoms with Gasteiger partial charge in [0, 0.05) is 20.1 Å². The number of anilines is 1. The van der Waals surface area contributed by atoms with Crippen LogP contribution in [0.3, 0.4) is 0 Å². The summed E-state index contributed by atoms with van der Waals surface area (Å²) in [6.07, 6.45) is 3.81. The van der Waals surface area contributed by atoms with Gasteiger partial charge < -0.3 is 14.9 Å². The first-order valence-electron chi connectivity index (χ1n) is 7.93. The van der Waals surface area contributed by atoms with Crippen molar-refractivity contribution in [3.63, 3.8) is 0 Å². The lowest BCUT2D eigenvalue weighted by Gasteiger charge is -2.34. The van der Waals surface area contributed by atoms with E-state index in [9.17, 15) is 5.11 Å². The first kappa shape index (κ1) is 15.6. The molecule has 0 amide bonds. The second-order valence-corrected chi connectivity index (χ2v) is 7.22. The summed E-state index contributed by atoms with van der Waals surface area (Å²) in [6, 6.07) is 2.05. The van der Waals surface area contributed by atoms with Crippen LogP contribution in [0.1, 0.15) is 19.8 Å². The number of hydrogen-bond donors (Lipinski definition) is 1. The number of thiophene rings is 1. The highest BCUT2D eigenvalue weighted by Gasteiger charge is 2.22. The SMILES string of the molecule is C[C@@H](O)CN1CCC(CN(C)c2ncnc3ccsc23)CC1. The van der Waals surface area contributed by atoms with Gasteiger partial charge in [-0.25, -0.2) is 9.97 Å². The topological polar surface area (TPSA) is 52.5 Å². The molecule has 2 aromatic heterocycles. The van der Waals surface area contributed by atoms with Crippen LogP contribution in [0.4, 0.5) is 5.82 Å². The molecule has 2 aromatic rings. The fourth-order valence-electron chi connectivity index (χ4n) is 3.25. The van der Waals surface area contributed by atoms with Crippen molar-refractivity contribution in [2.24, 2.45) is 5.92 Å². The molecule has 1 N–H and O–H groups in total. The molecule has 1 saturated heterocycles. The standard InChI is InChI=1S/C16H24N4OS/c1-12(21)9-20-6-3-13(4-7-20)10-19(2)16-15-14(5-8-22-15)17-11-18-16/h5,8,11-13,21H,3-4,6-7,9-10H2,1-2H3/t12-/m1/s1. The number of aliphatic hydroxyl groups is 1. The zero-order valence-corrected chi connectivity index (χ0v) is 14.1. The highest BCUT2D eigenvalue weighted by atomic mass is 32.1. The van der Waals surface area contributed by atoms with Gasteiger partial charge in [-0.3, -0.25) is 0 Å². The van der Waals surface area contributed by atoms with Gasteiger partial charge in [0.25, 0.3) is 0 Å². The molecule has 0 saturated carbocycles. The molecule has 6 heteroatoms. The molecule has 3 rings (SSSR count). The molecule has 0 spiro atoms. The molecule has 1 aliphatic rings. The second-order valence-electron chi connectivity index (χ2n) is 6.31. The second kappa shape index (κ2) is 6.89. The Morgan fingerprint density at radius 1 is 1.41 bits per heavy atom. The molecule has 3 heterocycles. The van der Waals surface area contributed by atoms with Crippen molar-refractivity contribution in [1.82, 2.24) is 14.9 Å². The van der Waals surface area contributed by atoms with E-state index < -0.39 is 0 Å². The number of fused-ring (bicyclic) bond motifs is 1. The van der Waals surface area contributed by atoms with E-state index in [-0.39, 0.29) is 6.10 Å². The molecular weight excluding hydrogens is 296 g/mol. The predicted molar refractivity (Wildman–Crippen MR) is 91.5 cm³/mol. The molecule has 1 aliphatic heterocycles. The van der Waals surface area contributed by atoms with Crippen molar-refractivity contribution in [2.45, 2.75) is 25.9 Å². The first-order chi connectivity index (χ1) is 10.6. The number of likely N-dealkylation sites (tertiary alicyclic amines) is 1. The van der Waals surface area contributed by atoms with E-state index in [4.69, 9.17) is 0 Å². The Balaban J connectivity index is 1.59. The maximum absolute atomic E-state index is 9.48. The summed E-state index contributed by atoms with van der Waals surface area (Å²) in [5, 5.41) is 11.6. The van der Waals surface area contributed by atoms with Crippen molar-refractivity contribution in [2.75, 3.05) is 38.1 Å². The van der Waals surface area contributed by atoms with Crippen LogP contribution >= 0.6 is 11.3 Å². The van der Waals surface area contributed by atoms with E-state index in [1.807, 2.05) is 13.0 Å². The summed E-state index contributed by atoms with van der Waals surface area (Å²) in [6.45, 7) is 5.86. The van der Waals surface area contributed by atoms with Crippen LogP contribution in [0, 0.1) is 5.92 Å². The van der Waals surface area contributed by atoms with Crippen LogP contribution in [-0.2, 0) is 0 Å². The Morgan fingerprint density at radius 2 is 2.18 bits per heavy atom. The Hall–Kier alpha value is -1.24. The first-order valence-corrected chi connectivity index (χ1v) is 8.81. The lowest BCUT2D eigenvalue weighted by molar-refractivity contribution is 0.101. The molecule has 120 valence electrons. The third-order valence-corrected chi connectivity index (χ3v) is 5.25. The van der Waals surface area contributed by atoms with Crippen molar-refractivity contribution >= 4 is 27.4 Å². The Bertz CT molecular complexity index is 607. The Morgan fingerprint density at radius 3 is 2.91 bits per heavy atom. The van der Waals surface area contributed by atoms with Gasteiger partial charge in [-0.1, -0.05) is 0 Å². The number of rotatable bonds is 5. The summed E-state index contributed by atoms with van der Waals surface area (Å²) < 4.78 is 1.18. The summed E-state index contributed by atoms with van der Waals surface area (Å²) in [4.78, 5) is 13.4. The van der Waals surface area contributed by atoms with Gasteiger partial charge in [0.1, 0.15) is 12.1 Å². The van der Waals surface area contributed by atoms with Gasteiger partial charge >= 0.3 is 0 Å². The number of aliphatic hydroxyl groups excluding tert-OH is 1. The third-order valence-electron chi connectivity index (χ3n) is 4.35. The maximum atomic E-state index is 9.48. The largest absolute Gasteiger partial charge is 0.392 e. The fraction of sp³-hybridized carbons (Fsp3) is 0.625. The monoisotopic (exact) mass is 320 g/mol.